The van der Waals surface area contributed by atoms with Gasteiger partial charge in [-0.2, -0.15) is 0 Å². The summed E-state index contributed by atoms with van der Waals surface area (Å²) >= 11 is 27.2. The summed E-state index contributed by atoms with van der Waals surface area (Å²) in [5, 5.41) is 7.60. The molecule has 8 aromatic heterocycles. The number of nitrogens with zero attached hydrogens (tertiary/aromatic N) is 14. The molecule has 4 amide bonds. The molecule has 11 aromatic rings. The topological polar surface area (TPSA) is 268 Å². The Morgan fingerprint density at radius 1 is 0.496 bits per heavy atom. The van der Waals surface area contributed by atoms with Crippen molar-refractivity contribution in [2.24, 2.45) is 0 Å². The van der Waals surface area contributed by atoms with Crippen molar-refractivity contribution in [1.29, 1.82) is 0 Å². The molecule has 0 atom stereocenters. The quantitative estimate of drug-likeness (QED) is 0.0537. The van der Waals surface area contributed by atoms with Crippen molar-refractivity contribution in [2.75, 3.05) is 66.5 Å². The Labute approximate surface area is 764 Å². The van der Waals surface area contributed by atoms with Crippen molar-refractivity contribution in [2.45, 2.75) is 173 Å². The standard InChI is InChI=1S/C26H26BrClN4O3.C25H22ClN5O3S2.C22H20BrClN4O3S.3C4H9.C3H2NS.C2H4.Sn/c1-25(2,3)35-24(34)31-10-7-26(8-11-31)19-6-9-29-14-21(19)32(23(26)33)15-20-22(27)18-5-4-17(28)12-16(18)13-30-20;1-36(33,34)30-8-5-25(6-9-30)19-4-7-27-12-21(19)31(24(25)32)14-20-23(22-13-28-15-35-22)18-3-2-17(26)10-16(18)11-29-20;1-32(30,31)27-8-5-22(6-9-27)17-4-7-25-12-19(17)28(21(22)29)13-18-20(23)16-3-2-15(24)10-14(16)11-26-18;3*1-3-4-2;1-2-5-3-4-1;1-2;/h4-6,9,12-14H,7-8,10-11,15H2,1-3H3;2-4,7,10-13,15H,5-6,8-9,14H2,1H3;2-4,7,10-12H,5-6,8-9,13H2,1H3;3*1,3-4H2,2H3;1,3H;1-2H2;. The van der Waals surface area contributed by atoms with Gasteiger partial charge in [-0.3, -0.25) is 49.3 Å². The summed E-state index contributed by atoms with van der Waals surface area (Å²) in [6.45, 7) is 21.6. The first-order valence-electron chi connectivity index (χ1n) is 41.3. The smallest absolute Gasteiger partial charge is 0.238 e. The molecule has 3 fully saturated rings. The van der Waals surface area contributed by atoms with Crippen LogP contribution in [0, 0.1) is 0 Å². The van der Waals surface area contributed by atoms with E-state index in [9.17, 15) is 36.0 Å². The maximum Gasteiger partial charge on any atom is 0.238 e. The molecule has 0 bridgehead atoms. The van der Waals surface area contributed by atoms with E-state index in [2.05, 4.69) is 112 Å². The van der Waals surface area contributed by atoms with Crippen molar-refractivity contribution in [3.05, 3.63) is 223 Å². The fraction of sp³-hybridized carbons (Fsp3) is 0.400. The number of rotatable bonds is 19. The number of hydrogen-bond acceptors (Lipinski definition) is 19. The van der Waals surface area contributed by atoms with Gasteiger partial charge in [0.15, 0.2) is 0 Å². The molecule has 33 heteroatoms. The Kier molecular flexibility index (Phi) is 29.8. The Balaban J connectivity index is 0.000000144. The van der Waals surface area contributed by atoms with E-state index in [1.807, 2.05) is 111 Å². The maximum absolute atomic E-state index is 14.1. The van der Waals surface area contributed by atoms with Crippen LogP contribution in [0.2, 0.25) is 28.4 Å². The van der Waals surface area contributed by atoms with Crippen LogP contribution in [0.25, 0.3) is 42.8 Å². The van der Waals surface area contributed by atoms with Gasteiger partial charge in [0.25, 0.3) is 0 Å². The van der Waals surface area contributed by atoms with E-state index in [-0.39, 0.29) is 36.9 Å². The molecule has 0 aliphatic carbocycles. The van der Waals surface area contributed by atoms with E-state index in [1.54, 1.807) is 97.1 Å². The van der Waals surface area contributed by atoms with Crippen LogP contribution in [-0.4, -0.2) is 170 Å². The second-order valence-electron chi connectivity index (χ2n) is 33.0. The van der Waals surface area contributed by atoms with Crippen LogP contribution in [0.15, 0.2) is 174 Å². The van der Waals surface area contributed by atoms with E-state index < -0.39 is 60.3 Å². The molecule has 123 heavy (non-hydrogen) atoms. The molecule has 648 valence electrons. The van der Waals surface area contributed by atoms with Crippen LogP contribution >= 0.6 is 89.3 Å². The van der Waals surface area contributed by atoms with Gasteiger partial charge in [0, 0.05) is 128 Å². The van der Waals surface area contributed by atoms with Crippen LogP contribution in [0.5, 0.6) is 0 Å². The first-order valence-corrected chi connectivity index (χ1v) is 57.0. The minimum atomic E-state index is -3.31. The third kappa shape index (κ3) is 19.6. The van der Waals surface area contributed by atoms with Crippen molar-refractivity contribution in [3.8, 4) is 10.4 Å². The number of amides is 4. The number of fused-ring (bicyclic) bond motifs is 9. The van der Waals surface area contributed by atoms with E-state index in [1.165, 1.54) is 71.0 Å². The van der Waals surface area contributed by atoms with Gasteiger partial charge in [0.1, 0.15) is 5.60 Å². The Morgan fingerprint density at radius 3 is 1.21 bits per heavy atom. The normalized spacial score (nSPS) is 16.7. The summed E-state index contributed by atoms with van der Waals surface area (Å²) in [7, 11) is -6.60. The number of unbranched alkanes of at least 4 members (excludes halogenated alkanes) is 3. The van der Waals surface area contributed by atoms with Crippen molar-refractivity contribution >= 4 is 204 Å². The van der Waals surface area contributed by atoms with Gasteiger partial charge in [-0.25, -0.2) is 30.2 Å². The molecule has 6 aliphatic rings. The van der Waals surface area contributed by atoms with Gasteiger partial charge in [-0.1, -0.05) is 53.0 Å². The number of carbonyl (C=O) groups is 4. The largest absolute Gasteiger partial charge is 0.304 e. The number of ether oxygens (including phenoxy) is 1. The first-order chi connectivity index (χ1) is 58.9. The molecule has 0 radical (unpaired) electrons. The summed E-state index contributed by atoms with van der Waals surface area (Å²) < 4.78 is 64.7. The predicted molar refractivity (Wildman–Crippen MR) is 504 cm³/mol. The van der Waals surface area contributed by atoms with Crippen LogP contribution in [0.4, 0.5) is 21.9 Å². The van der Waals surface area contributed by atoms with Gasteiger partial charge >= 0.3 is 128 Å². The molecular formula is C90H101Br2Cl3N14O9S4Sn. The zero-order valence-corrected chi connectivity index (χ0v) is 81.8. The number of sulfonamides is 2. The number of thiazole rings is 2. The minimum Gasteiger partial charge on any atom is -0.304 e. The molecular weight excluding hydrogens is 1930 g/mol. The second kappa shape index (κ2) is 39.4. The summed E-state index contributed by atoms with van der Waals surface area (Å²) in [5.74, 6) is -0.0419. The molecule has 17 rings (SSSR count). The van der Waals surface area contributed by atoms with Crippen LogP contribution < -0.4 is 17.6 Å². The average molecular weight is 2040 g/mol. The fourth-order valence-corrected chi connectivity index (χ4v) is 41.4. The zero-order chi connectivity index (χ0) is 88.0. The number of likely N-dealkylation sites (tertiary alicyclic amines) is 1. The molecule has 0 N–H and O–H groups in total. The third-order valence-electron chi connectivity index (χ3n) is 24.4. The summed E-state index contributed by atoms with van der Waals surface area (Å²) in [4.78, 5) is 97.8. The molecule has 3 aromatic carbocycles. The summed E-state index contributed by atoms with van der Waals surface area (Å²) in [6.07, 6.45) is 32.9. The van der Waals surface area contributed by atoms with E-state index in [4.69, 9.17) is 44.5 Å². The molecule has 0 saturated carbocycles. The van der Waals surface area contributed by atoms with Gasteiger partial charge < -0.3 is 24.3 Å². The molecule has 0 unspecified atom stereocenters. The van der Waals surface area contributed by atoms with Crippen LogP contribution in [0.1, 0.15) is 152 Å². The van der Waals surface area contributed by atoms with Crippen molar-refractivity contribution in [1.82, 2.24) is 53.4 Å². The number of halogens is 5. The summed E-state index contributed by atoms with van der Waals surface area (Å²) in [6, 6.07) is 22.7. The van der Waals surface area contributed by atoms with E-state index in [0.29, 0.717) is 99.4 Å². The molecule has 23 nitrogen and oxygen atoms in total. The van der Waals surface area contributed by atoms with Gasteiger partial charge in [0.05, 0.1) is 112 Å². The molecule has 3 spiro atoms. The first kappa shape index (κ1) is 93.1. The number of anilines is 3. The fourth-order valence-electron chi connectivity index (χ4n) is 18.0. The number of hydrogen-bond donors (Lipinski definition) is 0. The Morgan fingerprint density at radius 2 is 0.854 bits per heavy atom. The number of pyridine rings is 6. The second-order valence-corrected chi connectivity index (χ2v) is 55.8. The maximum atomic E-state index is 14.1. The SMILES string of the molecule is C=C.CC(C)(C)OC(=O)N1CCC2(CC1)C(=O)N(Cc1ncc3cc(Cl)ccc3c1Br)c1cnccc12.CCC[CH2][Sn]([CH2]CCC)([CH2]CCC)[c]1cncs1.CS(=O)(=O)N1CCC2(CC1)C(=O)N(Cc1ncc3cc(Cl)ccc3c1-c1cncs1)c1cnccc12.CS(=O)(=O)N1CCC2(CC1)C(=O)N(Cc1ncc3cc(Cl)ccc3c1Br)c1cnccc12. The van der Waals surface area contributed by atoms with Crippen LogP contribution in [0.3, 0.4) is 0 Å². The van der Waals surface area contributed by atoms with Crippen molar-refractivity contribution in [3.63, 3.8) is 0 Å². The number of aromatic nitrogens is 8. The number of carbonyl (C=O) groups excluding carboxylic acids is 4. The van der Waals surface area contributed by atoms with E-state index >= 15 is 0 Å². The average Bonchev–Trinajstić information content (AvgIpc) is 1.58. The van der Waals surface area contributed by atoms with E-state index in [0.717, 1.165) is 103 Å². The summed E-state index contributed by atoms with van der Waals surface area (Å²) in [5.41, 5.74) is 9.34. The Hall–Kier alpha value is -7.53. The molecule has 14 heterocycles. The molecule has 6 aliphatic heterocycles. The number of benzene rings is 3. The van der Waals surface area contributed by atoms with Gasteiger partial charge in [-0.15, -0.1) is 24.5 Å². The van der Waals surface area contributed by atoms with Crippen LogP contribution in [-0.2, 0) is 75.0 Å². The zero-order valence-electron chi connectivity index (χ0n) is 70.3. The predicted octanol–water partition coefficient (Wildman–Crippen LogP) is 20.0. The van der Waals surface area contributed by atoms with Gasteiger partial charge in [0.2, 0.25) is 37.8 Å². The molecule has 3 saturated heterocycles. The third-order valence-corrected chi connectivity index (χ3v) is 49.3. The Bertz CT molecular complexity index is 5930. The van der Waals surface area contributed by atoms with Crippen molar-refractivity contribution < 1.29 is 40.8 Å². The minimum absolute atomic E-state index is 0.0224. The van der Waals surface area contributed by atoms with Gasteiger partial charge in [-0.05, 0) is 179 Å². The monoisotopic (exact) mass is 2030 g/mol. The number of piperidine rings is 3.